The molecule has 2 aromatic rings. The van der Waals surface area contributed by atoms with Gasteiger partial charge in [0.2, 0.25) is 0 Å². The highest BCUT2D eigenvalue weighted by atomic mass is 16.3. The van der Waals surface area contributed by atoms with Crippen molar-refractivity contribution >= 4 is 0 Å². The number of nitrogens with zero attached hydrogens (tertiary/aromatic N) is 2. The minimum Gasteiger partial charge on any atom is -0.390 e. The van der Waals surface area contributed by atoms with E-state index >= 15 is 0 Å². The number of aliphatic hydroxyl groups is 1. The van der Waals surface area contributed by atoms with Gasteiger partial charge in [0.05, 0.1) is 12.3 Å². The first-order chi connectivity index (χ1) is 6.90. The summed E-state index contributed by atoms with van der Waals surface area (Å²) in [4.78, 5) is 8.05. The van der Waals surface area contributed by atoms with Crippen molar-refractivity contribution in [3.8, 4) is 11.1 Å². The van der Waals surface area contributed by atoms with Crippen molar-refractivity contribution in [2.24, 2.45) is 0 Å². The summed E-state index contributed by atoms with van der Waals surface area (Å²) >= 11 is 0. The van der Waals surface area contributed by atoms with Gasteiger partial charge < -0.3 is 5.11 Å². The van der Waals surface area contributed by atoms with Crippen LogP contribution in [0.15, 0.2) is 42.9 Å². The molecule has 3 nitrogen and oxygen atoms in total. The van der Waals surface area contributed by atoms with Crippen molar-refractivity contribution in [2.45, 2.75) is 6.61 Å². The standard InChI is InChI=1S/C11H10N2O/c14-8-11-6-9(3-5-13-11)10-2-1-4-12-7-10/h1-7,14H,8H2. The zero-order valence-corrected chi connectivity index (χ0v) is 7.59. The maximum Gasteiger partial charge on any atom is 0.0853 e. The molecule has 0 aliphatic rings. The van der Waals surface area contributed by atoms with Gasteiger partial charge in [-0.2, -0.15) is 0 Å². The van der Waals surface area contributed by atoms with E-state index in [1.54, 1.807) is 18.6 Å². The zero-order valence-electron chi connectivity index (χ0n) is 7.59. The molecule has 70 valence electrons. The highest BCUT2D eigenvalue weighted by Gasteiger charge is 1.98. The van der Waals surface area contributed by atoms with E-state index in [2.05, 4.69) is 9.97 Å². The SMILES string of the molecule is OCc1cc(-c2cccnc2)ccn1. The number of aromatic nitrogens is 2. The lowest BCUT2D eigenvalue weighted by molar-refractivity contribution is 0.277. The Morgan fingerprint density at radius 3 is 2.79 bits per heavy atom. The van der Waals surface area contributed by atoms with Crippen LogP contribution in [-0.2, 0) is 6.61 Å². The highest BCUT2D eigenvalue weighted by Crippen LogP contribution is 2.17. The second-order valence-corrected chi connectivity index (χ2v) is 2.94. The Bertz CT molecular complexity index is 415. The summed E-state index contributed by atoms with van der Waals surface area (Å²) in [6.45, 7) is -0.0336. The van der Waals surface area contributed by atoms with Crippen LogP contribution in [0.5, 0.6) is 0 Å². The molecule has 0 amide bonds. The van der Waals surface area contributed by atoms with Gasteiger partial charge >= 0.3 is 0 Å². The molecule has 2 heterocycles. The maximum atomic E-state index is 8.93. The van der Waals surface area contributed by atoms with Gasteiger partial charge in [-0.3, -0.25) is 9.97 Å². The lowest BCUT2D eigenvalue weighted by atomic mass is 10.1. The van der Waals surface area contributed by atoms with Crippen LogP contribution in [0.1, 0.15) is 5.69 Å². The van der Waals surface area contributed by atoms with Crippen molar-refractivity contribution in [1.29, 1.82) is 0 Å². The molecule has 0 aliphatic heterocycles. The average molecular weight is 186 g/mol. The first kappa shape index (κ1) is 8.84. The van der Waals surface area contributed by atoms with Gasteiger partial charge in [0.25, 0.3) is 0 Å². The molecule has 0 saturated heterocycles. The van der Waals surface area contributed by atoms with E-state index in [1.807, 2.05) is 24.3 Å². The van der Waals surface area contributed by atoms with Crippen LogP contribution in [-0.4, -0.2) is 15.1 Å². The lowest BCUT2D eigenvalue weighted by Crippen LogP contribution is -1.89. The Kier molecular flexibility index (Phi) is 2.51. The van der Waals surface area contributed by atoms with Crippen LogP contribution in [0.25, 0.3) is 11.1 Å². The van der Waals surface area contributed by atoms with Gasteiger partial charge in [0.1, 0.15) is 0 Å². The minimum atomic E-state index is -0.0336. The fourth-order valence-corrected chi connectivity index (χ4v) is 1.28. The third-order valence-corrected chi connectivity index (χ3v) is 1.97. The number of hydrogen-bond donors (Lipinski definition) is 1. The molecule has 0 spiro atoms. The van der Waals surface area contributed by atoms with Crippen LogP contribution in [0, 0.1) is 0 Å². The fraction of sp³-hybridized carbons (Fsp3) is 0.0909. The van der Waals surface area contributed by atoms with E-state index in [1.165, 1.54) is 0 Å². The van der Waals surface area contributed by atoms with E-state index in [-0.39, 0.29) is 6.61 Å². The van der Waals surface area contributed by atoms with Crippen LogP contribution < -0.4 is 0 Å². The molecule has 2 rings (SSSR count). The molecule has 0 fully saturated rings. The summed E-state index contributed by atoms with van der Waals surface area (Å²) in [5, 5.41) is 8.93. The smallest absolute Gasteiger partial charge is 0.0853 e. The minimum absolute atomic E-state index is 0.0336. The van der Waals surface area contributed by atoms with E-state index in [4.69, 9.17) is 5.11 Å². The topological polar surface area (TPSA) is 46.0 Å². The van der Waals surface area contributed by atoms with E-state index in [0.717, 1.165) is 11.1 Å². The first-order valence-electron chi connectivity index (χ1n) is 4.36. The summed E-state index contributed by atoms with van der Waals surface area (Å²) in [6.07, 6.45) is 5.21. The molecular weight excluding hydrogens is 176 g/mol. The van der Waals surface area contributed by atoms with Gasteiger partial charge in [0, 0.05) is 24.2 Å². The Morgan fingerprint density at radius 1 is 1.14 bits per heavy atom. The molecule has 3 heteroatoms. The van der Waals surface area contributed by atoms with Crippen LogP contribution in [0.4, 0.5) is 0 Å². The van der Waals surface area contributed by atoms with E-state index in [9.17, 15) is 0 Å². The number of rotatable bonds is 2. The summed E-state index contributed by atoms with van der Waals surface area (Å²) in [7, 11) is 0. The van der Waals surface area contributed by atoms with E-state index < -0.39 is 0 Å². The Balaban J connectivity index is 2.42. The van der Waals surface area contributed by atoms with E-state index in [0.29, 0.717) is 5.69 Å². The van der Waals surface area contributed by atoms with Gasteiger partial charge in [-0.25, -0.2) is 0 Å². The number of aliphatic hydroxyl groups excluding tert-OH is 1. The maximum absolute atomic E-state index is 8.93. The molecule has 0 bridgehead atoms. The quantitative estimate of drug-likeness (QED) is 0.775. The normalized spacial score (nSPS) is 10.1. The van der Waals surface area contributed by atoms with Gasteiger partial charge in [0.15, 0.2) is 0 Å². The van der Waals surface area contributed by atoms with Gasteiger partial charge in [-0.15, -0.1) is 0 Å². The zero-order chi connectivity index (χ0) is 9.80. The monoisotopic (exact) mass is 186 g/mol. The Hall–Kier alpha value is -1.74. The highest BCUT2D eigenvalue weighted by molar-refractivity contribution is 5.61. The molecule has 0 unspecified atom stereocenters. The van der Waals surface area contributed by atoms with Crippen LogP contribution in [0.2, 0.25) is 0 Å². The number of hydrogen-bond acceptors (Lipinski definition) is 3. The summed E-state index contributed by atoms with van der Waals surface area (Å²) in [5.74, 6) is 0. The van der Waals surface area contributed by atoms with Crippen molar-refractivity contribution < 1.29 is 5.11 Å². The van der Waals surface area contributed by atoms with Crippen molar-refractivity contribution in [2.75, 3.05) is 0 Å². The van der Waals surface area contributed by atoms with Crippen molar-refractivity contribution in [3.63, 3.8) is 0 Å². The molecule has 1 N–H and O–H groups in total. The summed E-state index contributed by atoms with van der Waals surface area (Å²) in [6, 6.07) is 7.62. The fourth-order valence-electron chi connectivity index (χ4n) is 1.28. The molecular formula is C11H10N2O. The lowest BCUT2D eigenvalue weighted by Gasteiger charge is -2.01. The van der Waals surface area contributed by atoms with Gasteiger partial charge in [-0.1, -0.05) is 6.07 Å². The van der Waals surface area contributed by atoms with Crippen molar-refractivity contribution in [1.82, 2.24) is 9.97 Å². The van der Waals surface area contributed by atoms with Crippen molar-refractivity contribution in [3.05, 3.63) is 48.5 Å². The molecule has 2 aromatic heterocycles. The first-order valence-corrected chi connectivity index (χ1v) is 4.36. The summed E-state index contributed by atoms with van der Waals surface area (Å²) in [5.41, 5.74) is 2.73. The van der Waals surface area contributed by atoms with Crippen LogP contribution >= 0.6 is 0 Å². The molecule has 0 aliphatic carbocycles. The predicted octanol–water partition coefficient (Wildman–Crippen LogP) is 1.64. The third-order valence-electron chi connectivity index (χ3n) is 1.97. The van der Waals surface area contributed by atoms with Crippen LogP contribution in [0.3, 0.4) is 0 Å². The predicted molar refractivity (Wildman–Crippen MR) is 53.4 cm³/mol. The second-order valence-electron chi connectivity index (χ2n) is 2.94. The Labute approximate surface area is 82.1 Å². The Morgan fingerprint density at radius 2 is 2.07 bits per heavy atom. The average Bonchev–Trinajstić information content (AvgIpc) is 2.30. The largest absolute Gasteiger partial charge is 0.390 e. The second kappa shape index (κ2) is 3.98. The third kappa shape index (κ3) is 1.78. The molecule has 14 heavy (non-hydrogen) atoms. The van der Waals surface area contributed by atoms with Gasteiger partial charge in [-0.05, 0) is 23.8 Å². The molecule has 0 saturated carbocycles. The molecule has 0 radical (unpaired) electrons. The molecule has 0 aromatic carbocycles. The summed E-state index contributed by atoms with van der Waals surface area (Å²) < 4.78 is 0. The molecule has 0 atom stereocenters. The number of pyridine rings is 2.